The summed E-state index contributed by atoms with van der Waals surface area (Å²) in [6.07, 6.45) is 1.19. The van der Waals surface area contributed by atoms with Gasteiger partial charge in [0, 0.05) is 12.1 Å². The number of carbonyl (C=O) groups excluding carboxylic acids is 1. The van der Waals surface area contributed by atoms with E-state index in [0.29, 0.717) is 19.6 Å². The quantitative estimate of drug-likeness (QED) is 0.714. The molecule has 0 aromatic heterocycles. The Morgan fingerprint density at radius 3 is 2.77 bits per heavy atom. The monoisotopic (exact) mass is 187 g/mol. The van der Waals surface area contributed by atoms with E-state index < -0.39 is 0 Å². The molecule has 0 radical (unpaired) electrons. The van der Waals surface area contributed by atoms with Gasteiger partial charge in [0.2, 0.25) is 0 Å². The number of aliphatic hydroxyl groups is 1. The minimum Gasteiger partial charge on any atom is -0.448 e. The van der Waals surface area contributed by atoms with Crippen LogP contribution in [0.3, 0.4) is 0 Å². The molecule has 1 aliphatic rings. The number of hydrogen-bond acceptors (Lipinski definition) is 3. The summed E-state index contributed by atoms with van der Waals surface area (Å²) in [6.45, 7) is 5.22. The lowest BCUT2D eigenvalue weighted by Crippen LogP contribution is -2.47. The predicted octanol–water partition coefficient (Wildman–Crippen LogP) is 0.990. The molecule has 1 heterocycles. The van der Waals surface area contributed by atoms with E-state index in [9.17, 15) is 4.79 Å². The zero-order valence-electron chi connectivity index (χ0n) is 8.25. The van der Waals surface area contributed by atoms with Crippen LogP contribution in [0.5, 0.6) is 0 Å². The molecule has 13 heavy (non-hydrogen) atoms. The smallest absolute Gasteiger partial charge is 0.410 e. The maximum absolute atomic E-state index is 11.3. The number of rotatable bonds is 4. The standard InChI is InChI=1S/C9H17NO3/c1-3-9(2,4-6-11)10-5-7-13-8(10)12/h11H,3-7H2,1-2H3. The normalized spacial score (nSPS) is 21.5. The molecule has 0 aromatic carbocycles. The molecule has 1 unspecified atom stereocenters. The number of hydrogen-bond donors (Lipinski definition) is 1. The minimum absolute atomic E-state index is 0.105. The van der Waals surface area contributed by atoms with Gasteiger partial charge in [-0.05, 0) is 19.8 Å². The van der Waals surface area contributed by atoms with Crippen molar-refractivity contribution in [2.24, 2.45) is 0 Å². The Morgan fingerprint density at radius 2 is 2.38 bits per heavy atom. The van der Waals surface area contributed by atoms with Gasteiger partial charge in [0.25, 0.3) is 0 Å². The molecule has 1 aliphatic heterocycles. The third-order valence-corrected chi connectivity index (χ3v) is 2.82. The Labute approximate surface area is 78.5 Å². The topological polar surface area (TPSA) is 49.8 Å². The van der Waals surface area contributed by atoms with Gasteiger partial charge in [-0.2, -0.15) is 0 Å². The first-order valence-electron chi connectivity index (χ1n) is 4.69. The zero-order chi connectivity index (χ0) is 9.90. The van der Waals surface area contributed by atoms with Gasteiger partial charge in [-0.15, -0.1) is 0 Å². The van der Waals surface area contributed by atoms with Crippen molar-refractivity contribution in [1.82, 2.24) is 4.90 Å². The van der Waals surface area contributed by atoms with Crippen molar-refractivity contribution in [3.63, 3.8) is 0 Å². The van der Waals surface area contributed by atoms with Crippen LogP contribution in [-0.2, 0) is 4.74 Å². The van der Waals surface area contributed by atoms with Crippen molar-refractivity contribution in [1.29, 1.82) is 0 Å². The second-order valence-corrected chi connectivity index (χ2v) is 3.59. The van der Waals surface area contributed by atoms with Crippen molar-refractivity contribution in [2.75, 3.05) is 19.8 Å². The molecule has 0 bridgehead atoms. The lowest BCUT2D eigenvalue weighted by molar-refractivity contribution is 0.0968. The molecular weight excluding hydrogens is 170 g/mol. The van der Waals surface area contributed by atoms with E-state index >= 15 is 0 Å². The first-order chi connectivity index (χ1) is 6.14. The second kappa shape index (κ2) is 3.96. The number of cyclic esters (lactones) is 1. The third-order valence-electron chi connectivity index (χ3n) is 2.82. The predicted molar refractivity (Wildman–Crippen MR) is 48.5 cm³/mol. The Morgan fingerprint density at radius 1 is 1.69 bits per heavy atom. The molecule has 1 N–H and O–H groups in total. The Hall–Kier alpha value is -0.770. The third kappa shape index (κ3) is 1.94. The van der Waals surface area contributed by atoms with Crippen LogP contribution in [0.2, 0.25) is 0 Å². The Balaban J connectivity index is 2.68. The SMILES string of the molecule is CCC(C)(CCO)N1CCOC1=O. The van der Waals surface area contributed by atoms with Crippen LogP contribution in [0.4, 0.5) is 4.79 Å². The zero-order valence-corrected chi connectivity index (χ0v) is 8.25. The highest BCUT2D eigenvalue weighted by Crippen LogP contribution is 2.26. The fourth-order valence-electron chi connectivity index (χ4n) is 1.63. The van der Waals surface area contributed by atoms with Gasteiger partial charge >= 0.3 is 6.09 Å². The highest BCUT2D eigenvalue weighted by Gasteiger charge is 2.37. The van der Waals surface area contributed by atoms with E-state index in [4.69, 9.17) is 9.84 Å². The van der Waals surface area contributed by atoms with Crippen LogP contribution < -0.4 is 0 Å². The van der Waals surface area contributed by atoms with Crippen molar-refractivity contribution in [2.45, 2.75) is 32.2 Å². The van der Waals surface area contributed by atoms with Gasteiger partial charge in [0.05, 0.1) is 6.54 Å². The molecule has 4 heteroatoms. The molecule has 0 spiro atoms. The Kier molecular flexibility index (Phi) is 3.14. The van der Waals surface area contributed by atoms with E-state index in [-0.39, 0.29) is 18.2 Å². The maximum Gasteiger partial charge on any atom is 0.410 e. The van der Waals surface area contributed by atoms with Crippen LogP contribution in [0.1, 0.15) is 26.7 Å². The molecule has 4 nitrogen and oxygen atoms in total. The maximum atomic E-state index is 11.3. The van der Waals surface area contributed by atoms with E-state index in [1.54, 1.807) is 4.90 Å². The molecule has 0 aromatic rings. The van der Waals surface area contributed by atoms with E-state index in [1.807, 2.05) is 13.8 Å². The number of amides is 1. The largest absolute Gasteiger partial charge is 0.448 e. The number of ether oxygens (including phenoxy) is 1. The molecule has 76 valence electrons. The lowest BCUT2D eigenvalue weighted by Gasteiger charge is -2.35. The average Bonchev–Trinajstić information content (AvgIpc) is 2.52. The van der Waals surface area contributed by atoms with Crippen molar-refractivity contribution < 1.29 is 14.6 Å². The van der Waals surface area contributed by atoms with Crippen molar-refractivity contribution >= 4 is 6.09 Å². The summed E-state index contributed by atoms with van der Waals surface area (Å²) in [5.41, 5.74) is -0.248. The molecule has 0 aliphatic carbocycles. The highest BCUT2D eigenvalue weighted by atomic mass is 16.6. The van der Waals surface area contributed by atoms with Gasteiger partial charge in [-0.25, -0.2) is 4.79 Å². The summed E-state index contributed by atoms with van der Waals surface area (Å²) in [5.74, 6) is 0. The van der Waals surface area contributed by atoms with Gasteiger partial charge in [0.1, 0.15) is 6.61 Å². The fraction of sp³-hybridized carbons (Fsp3) is 0.889. The van der Waals surface area contributed by atoms with Crippen molar-refractivity contribution in [3.05, 3.63) is 0 Å². The fourth-order valence-corrected chi connectivity index (χ4v) is 1.63. The summed E-state index contributed by atoms with van der Waals surface area (Å²) in [7, 11) is 0. The van der Waals surface area contributed by atoms with Crippen LogP contribution in [0.25, 0.3) is 0 Å². The van der Waals surface area contributed by atoms with Crippen LogP contribution in [0.15, 0.2) is 0 Å². The summed E-state index contributed by atoms with van der Waals surface area (Å²) < 4.78 is 4.87. The van der Waals surface area contributed by atoms with Gasteiger partial charge < -0.3 is 9.84 Å². The molecule has 1 amide bonds. The average molecular weight is 187 g/mol. The molecule has 1 saturated heterocycles. The van der Waals surface area contributed by atoms with E-state index in [1.165, 1.54) is 0 Å². The first kappa shape index (κ1) is 10.3. The minimum atomic E-state index is -0.252. The summed E-state index contributed by atoms with van der Waals surface area (Å²) in [5, 5.41) is 8.90. The summed E-state index contributed by atoms with van der Waals surface area (Å²) >= 11 is 0. The summed E-state index contributed by atoms with van der Waals surface area (Å²) in [6, 6.07) is 0. The number of carbonyl (C=O) groups is 1. The highest BCUT2D eigenvalue weighted by molar-refractivity contribution is 5.70. The lowest BCUT2D eigenvalue weighted by atomic mass is 9.93. The van der Waals surface area contributed by atoms with E-state index in [0.717, 1.165) is 6.42 Å². The number of aliphatic hydroxyl groups excluding tert-OH is 1. The summed E-state index contributed by atoms with van der Waals surface area (Å²) in [4.78, 5) is 13.0. The molecule has 1 fully saturated rings. The van der Waals surface area contributed by atoms with E-state index in [2.05, 4.69) is 0 Å². The van der Waals surface area contributed by atoms with Crippen LogP contribution >= 0.6 is 0 Å². The van der Waals surface area contributed by atoms with Crippen LogP contribution in [0, 0.1) is 0 Å². The molecule has 1 rings (SSSR count). The van der Waals surface area contributed by atoms with Crippen molar-refractivity contribution in [3.8, 4) is 0 Å². The number of nitrogens with zero attached hydrogens (tertiary/aromatic N) is 1. The second-order valence-electron chi connectivity index (χ2n) is 3.59. The first-order valence-corrected chi connectivity index (χ1v) is 4.69. The molecule has 0 saturated carbocycles. The van der Waals surface area contributed by atoms with Crippen LogP contribution in [-0.4, -0.2) is 41.4 Å². The van der Waals surface area contributed by atoms with Gasteiger partial charge in [0.15, 0.2) is 0 Å². The van der Waals surface area contributed by atoms with Gasteiger partial charge in [-0.1, -0.05) is 6.92 Å². The molecular formula is C9H17NO3. The Bertz CT molecular complexity index is 195. The molecule has 1 atom stereocenters. The van der Waals surface area contributed by atoms with Gasteiger partial charge in [-0.3, -0.25) is 4.90 Å².